The lowest BCUT2D eigenvalue weighted by Gasteiger charge is -2.38. The standard InChI is InChI=1S/C14H23NO7/c1-3-4-21-7-11(19)13(20)14-12(15-8(2)17)10(18)5-9(6-16)22-14/h5-6,10-14,18-20H,3-4,7H2,1-2H3,(H,15,17)/t10?,11-,12-,13-,14?/m1/s1. The minimum atomic E-state index is -1.45. The average molecular weight is 317 g/mol. The summed E-state index contributed by atoms with van der Waals surface area (Å²) in [4.78, 5) is 22.0. The number of hydrogen-bond donors (Lipinski definition) is 4. The molecule has 8 nitrogen and oxygen atoms in total. The Morgan fingerprint density at radius 1 is 1.55 bits per heavy atom. The van der Waals surface area contributed by atoms with Crippen molar-refractivity contribution >= 4 is 12.2 Å². The second kappa shape index (κ2) is 8.84. The normalized spacial score (nSPS) is 27.3. The minimum absolute atomic E-state index is 0.127. The summed E-state index contributed by atoms with van der Waals surface area (Å²) in [6.45, 7) is 3.44. The molecule has 1 aliphatic rings. The molecular formula is C14H23NO7. The Hall–Kier alpha value is -1.48. The van der Waals surface area contributed by atoms with Crippen LogP contribution < -0.4 is 5.32 Å². The predicted molar refractivity (Wildman–Crippen MR) is 75.8 cm³/mol. The van der Waals surface area contributed by atoms with Gasteiger partial charge in [-0.25, -0.2) is 0 Å². The lowest BCUT2D eigenvalue weighted by molar-refractivity contribution is -0.137. The lowest BCUT2D eigenvalue weighted by atomic mass is 9.94. The quantitative estimate of drug-likeness (QED) is 0.316. The number of aliphatic hydroxyl groups excluding tert-OH is 3. The van der Waals surface area contributed by atoms with E-state index in [1.54, 1.807) is 0 Å². The van der Waals surface area contributed by atoms with E-state index in [1.165, 1.54) is 6.92 Å². The average Bonchev–Trinajstić information content (AvgIpc) is 2.48. The van der Waals surface area contributed by atoms with Crippen LogP contribution in [0.3, 0.4) is 0 Å². The fraction of sp³-hybridized carbons (Fsp3) is 0.714. The topological polar surface area (TPSA) is 125 Å². The molecule has 0 aromatic carbocycles. The SMILES string of the molecule is CCCOC[C@@H](O)[C@@H](O)C1OC(C=O)=CC(O)[C@H]1NC(C)=O. The largest absolute Gasteiger partial charge is 0.482 e. The van der Waals surface area contributed by atoms with Gasteiger partial charge in [-0.3, -0.25) is 9.59 Å². The molecule has 0 fully saturated rings. The number of hydrogen-bond acceptors (Lipinski definition) is 7. The van der Waals surface area contributed by atoms with Gasteiger partial charge in [-0.15, -0.1) is 0 Å². The van der Waals surface area contributed by atoms with Crippen molar-refractivity contribution in [2.75, 3.05) is 13.2 Å². The van der Waals surface area contributed by atoms with Gasteiger partial charge in [0.15, 0.2) is 18.1 Å². The third-order valence-corrected chi connectivity index (χ3v) is 3.18. The molecule has 0 radical (unpaired) electrons. The first kappa shape index (κ1) is 18.6. The van der Waals surface area contributed by atoms with Gasteiger partial charge in [0.1, 0.15) is 12.2 Å². The lowest BCUT2D eigenvalue weighted by Crippen LogP contribution is -2.59. The molecular weight excluding hydrogens is 294 g/mol. The minimum Gasteiger partial charge on any atom is -0.482 e. The Balaban J connectivity index is 2.82. The van der Waals surface area contributed by atoms with E-state index in [0.717, 1.165) is 12.5 Å². The van der Waals surface area contributed by atoms with E-state index in [2.05, 4.69) is 5.32 Å². The van der Waals surface area contributed by atoms with Crippen molar-refractivity contribution in [2.24, 2.45) is 0 Å². The highest BCUT2D eigenvalue weighted by Crippen LogP contribution is 2.22. The number of carbonyl (C=O) groups excluding carboxylic acids is 2. The molecule has 0 aromatic heterocycles. The van der Waals surface area contributed by atoms with Crippen LogP contribution in [-0.2, 0) is 19.1 Å². The number of amides is 1. The fourth-order valence-corrected chi connectivity index (χ4v) is 2.15. The molecule has 2 unspecified atom stereocenters. The first-order valence-electron chi connectivity index (χ1n) is 7.13. The molecule has 4 N–H and O–H groups in total. The van der Waals surface area contributed by atoms with Crippen LogP contribution in [0.4, 0.5) is 0 Å². The summed E-state index contributed by atoms with van der Waals surface area (Å²) < 4.78 is 10.4. The van der Waals surface area contributed by atoms with Crippen molar-refractivity contribution in [3.05, 3.63) is 11.8 Å². The number of ether oxygens (including phenoxy) is 2. The van der Waals surface area contributed by atoms with Gasteiger partial charge in [0, 0.05) is 13.5 Å². The van der Waals surface area contributed by atoms with Gasteiger partial charge in [-0.1, -0.05) is 6.92 Å². The number of aldehydes is 1. The smallest absolute Gasteiger partial charge is 0.217 e. The molecule has 0 aliphatic carbocycles. The predicted octanol–water partition coefficient (Wildman–Crippen LogP) is -1.52. The fourth-order valence-electron chi connectivity index (χ4n) is 2.15. The molecule has 0 aromatic rings. The van der Waals surface area contributed by atoms with Gasteiger partial charge < -0.3 is 30.1 Å². The highest BCUT2D eigenvalue weighted by molar-refractivity contribution is 5.74. The number of aliphatic hydroxyl groups is 3. The van der Waals surface area contributed by atoms with Gasteiger partial charge >= 0.3 is 0 Å². The van der Waals surface area contributed by atoms with E-state index in [1.807, 2.05) is 6.92 Å². The van der Waals surface area contributed by atoms with Crippen molar-refractivity contribution in [2.45, 2.75) is 50.7 Å². The molecule has 126 valence electrons. The Bertz CT molecular complexity index is 412. The molecule has 0 spiro atoms. The summed E-state index contributed by atoms with van der Waals surface area (Å²) in [5, 5.41) is 32.6. The summed E-state index contributed by atoms with van der Waals surface area (Å²) in [5.74, 6) is -0.607. The van der Waals surface area contributed by atoms with Crippen LogP contribution in [-0.4, -0.2) is 71.2 Å². The highest BCUT2D eigenvalue weighted by Gasteiger charge is 2.41. The zero-order chi connectivity index (χ0) is 16.7. The van der Waals surface area contributed by atoms with Crippen LogP contribution in [0.25, 0.3) is 0 Å². The number of rotatable bonds is 8. The van der Waals surface area contributed by atoms with Gasteiger partial charge in [0.2, 0.25) is 5.91 Å². The first-order valence-corrected chi connectivity index (χ1v) is 7.13. The zero-order valence-electron chi connectivity index (χ0n) is 12.6. The molecule has 1 aliphatic heterocycles. The highest BCUT2D eigenvalue weighted by atomic mass is 16.5. The van der Waals surface area contributed by atoms with E-state index in [9.17, 15) is 24.9 Å². The monoisotopic (exact) mass is 317 g/mol. The third-order valence-electron chi connectivity index (χ3n) is 3.18. The zero-order valence-corrected chi connectivity index (χ0v) is 12.6. The van der Waals surface area contributed by atoms with Crippen molar-refractivity contribution < 1.29 is 34.4 Å². The van der Waals surface area contributed by atoms with E-state index < -0.39 is 36.4 Å². The molecule has 22 heavy (non-hydrogen) atoms. The first-order chi connectivity index (χ1) is 10.4. The van der Waals surface area contributed by atoms with Crippen LogP contribution in [0, 0.1) is 0 Å². The summed E-state index contributed by atoms with van der Waals surface area (Å²) in [7, 11) is 0. The van der Waals surface area contributed by atoms with Gasteiger partial charge in [0.05, 0.1) is 18.8 Å². The van der Waals surface area contributed by atoms with Crippen LogP contribution in [0.1, 0.15) is 20.3 Å². The van der Waals surface area contributed by atoms with Crippen molar-refractivity contribution in [1.82, 2.24) is 5.32 Å². The summed E-state index contributed by atoms with van der Waals surface area (Å²) in [5.41, 5.74) is 0. The van der Waals surface area contributed by atoms with Gasteiger partial charge in [-0.2, -0.15) is 0 Å². The molecule has 0 saturated carbocycles. The maximum atomic E-state index is 11.2. The van der Waals surface area contributed by atoms with Crippen molar-refractivity contribution in [1.29, 1.82) is 0 Å². The van der Waals surface area contributed by atoms with Crippen LogP contribution >= 0.6 is 0 Å². The Labute approximate surface area is 128 Å². The van der Waals surface area contributed by atoms with Crippen LogP contribution in [0.15, 0.2) is 11.8 Å². The molecule has 1 heterocycles. The Morgan fingerprint density at radius 2 is 2.23 bits per heavy atom. The number of nitrogens with one attached hydrogen (secondary N) is 1. The van der Waals surface area contributed by atoms with E-state index in [4.69, 9.17) is 9.47 Å². The van der Waals surface area contributed by atoms with E-state index in [-0.39, 0.29) is 12.4 Å². The van der Waals surface area contributed by atoms with Crippen molar-refractivity contribution in [3.63, 3.8) is 0 Å². The van der Waals surface area contributed by atoms with E-state index in [0.29, 0.717) is 12.9 Å². The molecule has 1 rings (SSSR count). The Morgan fingerprint density at radius 3 is 2.77 bits per heavy atom. The van der Waals surface area contributed by atoms with E-state index >= 15 is 0 Å². The van der Waals surface area contributed by atoms with Gasteiger partial charge in [0.25, 0.3) is 0 Å². The number of carbonyl (C=O) groups is 2. The maximum Gasteiger partial charge on any atom is 0.217 e. The summed E-state index contributed by atoms with van der Waals surface area (Å²) in [6, 6.07) is -0.989. The third kappa shape index (κ3) is 5.06. The second-order valence-corrected chi connectivity index (χ2v) is 5.12. The summed E-state index contributed by atoms with van der Waals surface area (Å²) in [6.07, 6.45) is -2.86. The van der Waals surface area contributed by atoms with Crippen molar-refractivity contribution in [3.8, 4) is 0 Å². The molecule has 5 atom stereocenters. The second-order valence-electron chi connectivity index (χ2n) is 5.12. The molecule has 1 amide bonds. The molecule has 0 bridgehead atoms. The molecule has 0 saturated heterocycles. The van der Waals surface area contributed by atoms with Gasteiger partial charge in [-0.05, 0) is 12.5 Å². The Kier molecular flexibility index (Phi) is 7.46. The number of allylic oxidation sites excluding steroid dienone is 1. The van der Waals surface area contributed by atoms with Crippen LogP contribution in [0.5, 0.6) is 0 Å². The summed E-state index contributed by atoms with van der Waals surface area (Å²) >= 11 is 0. The maximum absolute atomic E-state index is 11.2. The van der Waals surface area contributed by atoms with Crippen LogP contribution in [0.2, 0.25) is 0 Å². The molecule has 8 heteroatoms.